The maximum absolute atomic E-state index is 13.4. The van der Waals surface area contributed by atoms with Gasteiger partial charge in [0.1, 0.15) is 0 Å². The number of sulfonamides is 1. The summed E-state index contributed by atoms with van der Waals surface area (Å²) in [5, 5.41) is 0. The molecule has 0 aliphatic rings. The Bertz CT molecular complexity index is 1420. The molecule has 2 N–H and O–H groups in total. The summed E-state index contributed by atoms with van der Waals surface area (Å²) in [6.07, 6.45) is 0. The quantitative estimate of drug-likeness (QED) is 0.148. The van der Waals surface area contributed by atoms with Crippen molar-refractivity contribution >= 4 is 21.8 Å². The number of benzene rings is 4. The second-order valence-electron chi connectivity index (χ2n) is 10.3. The third kappa shape index (κ3) is 9.09. The molecule has 0 fully saturated rings. The average Bonchev–Trinajstić information content (AvgIpc) is 2.89. The molecule has 4 aromatic rings. The van der Waals surface area contributed by atoms with Gasteiger partial charge in [0.2, 0.25) is 10.0 Å². The van der Waals surface area contributed by atoms with E-state index in [9.17, 15) is 8.42 Å². The molecule has 0 aliphatic heterocycles. The number of hydrogen-bond donors (Lipinski definition) is 2. The standard InChI is InChI=1S/C23H25ClN2O2S.C10H14.Ru/c1-16-14-17(2)23(18(3)15-16)29(27,28)26-22(20-12-8-5-9-13-20)21(25-24)19-10-6-4-7-11-19;1-8(2)10-6-4-9(3)5-7-10;/h4-15,21-22,25-26H,1-3H3;4-8H,1-3H3;/t21-,22-;;/m1../s1. The first-order valence-corrected chi connectivity index (χ1v) is 15.0. The van der Waals surface area contributed by atoms with Crippen molar-refractivity contribution in [2.24, 2.45) is 0 Å². The second-order valence-corrected chi connectivity index (χ2v) is 12.2. The molecule has 0 bridgehead atoms. The smallest absolute Gasteiger partial charge is 0.224 e. The van der Waals surface area contributed by atoms with Crippen LogP contribution in [-0.2, 0) is 29.5 Å². The maximum Gasteiger partial charge on any atom is 0.241 e. The van der Waals surface area contributed by atoms with E-state index in [2.05, 4.69) is 54.6 Å². The Hall–Kier alpha value is -2.34. The first kappa shape index (κ1) is 33.9. The number of nitrogens with one attached hydrogen (secondary N) is 2. The summed E-state index contributed by atoms with van der Waals surface area (Å²) in [6, 6.07) is 30.4. The fourth-order valence-corrected chi connectivity index (χ4v) is 6.68. The van der Waals surface area contributed by atoms with Gasteiger partial charge in [-0.05, 0) is 73.2 Å². The number of rotatable bonds is 8. The van der Waals surface area contributed by atoms with Crippen LogP contribution in [0.2, 0.25) is 0 Å². The SMILES string of the molecule is Cc1cc(C)c(S(=O)(=O)N[C@H](c2ccccc2)[C@H](NCl)c2ccccc2)c(C)c1.Cc1ccc(C(C)C)cc1.[Ru]. The summed E-state index contributed by atoms with van der Waals surface area (Å²) >= 11 is 6.12. The Morgan fingerprint density at radius 2 is 1.07 bits per heavy atom. The van der Waals surface area contributed by atoms with Crippen LogP contribution in [-0.4, -0.2) is 8.42 Å². The van der Waals surface area contributed by atoms with E-state index >= 15 is 0 Å². The molecular weight excluding hydrogens is 625 g/mol. The Morgan fingerprint density at radius 1 is 0.625 bits per heavy atom. The Labute approximate surface area is 258 Å². The van der Waals surface area contributed by atoms with Crippen LogP contribution < -0.4 is 9.56 Å². The topological polar surface area (TPSA) is 58.2 Å². The van der Waals surface area contributed by atoms with Gasteiger partial charge in [-0.1, -0.05) is 122 Å². The number of hydrogen-bond acceptors (Lipinski definition) is 3. The van der Waals surface area contributed by atoms with Crippen molar-refractivity contribution in [2.75, 3.05) is 0 Å². The third-order valence-corrected chi connectivity index (χ3v) is 8.65. The van der Waals surface area contributed by atoms with E-state index in [1.807, 2.05) is 93.6 Å². The minimum absolute atomic E-state index is 0. The number of aryl methyl sites for hydroxylation is 4. The largest absolute Gasteiger partial charge is 0.241 e. The van der Waals surface area contributed by atoms with Gasteiger partial charge in [-0.2, -0.15) is 0 Å². The van der Waals surface area contributed by atoms with Crippen molar-refractivity contribution in [1.29, 1.82) is 0 Å². The van der Waals surface area contributed by atoms with Crippen molar-refractivity contribution in [3.63, 3.8) is 0 Å². The Kier molecular flexibility index (Phi) is 13.2. The van der Waals surface area contributed by atoms with Gasteiger partial charge in [0.15, 0.2) is 0 Å². The van der Waals surface area contributed by atoms with Crippen LogP contribution in [0.15, 0.2) is 102 Å². The van der Waals surface area contributed by atoms with Gasteiger partial charge in [-0.25, -0.2) is 18.0 Å². The van der Waals surface area contributed by atoms with Crippen molar-refractivity contribution in [3.05, 3.63) is 136 Å². The monoisotopic (exact) mass is 664 g/mol. The average molecular weight is 664 g/mol. The molecule has 0 spiro atoms. The fraction of sp³-hybridized carbons (Fsp3) is 0.273. The summed E-state index contributed by atoms with van der Waals surface area (Å²) in [5.74, 6) is 0.653. The molecule has 0 aromatic heterocycles. The zero-order valence-electron chi connectivity index (χ0n) is 23.9. The van der Waals surface area contributed by atoms with Crippen LogP contribution in [0.5, 0.6) is 0 Å². The van der Waals surface area contributed by atoms with Crippen molar-refractivity contribution in [1.82, 2.24) is 9.56 Å². The molecule has 2 atom stereocenters. The predicted octanol–water partition coefficient (Wildman–Crippen LogP) is 8.23. The van der Waals surface area contributed by atoms with Gasteiger partial charge < -0.3 is 0 Å². The third-order valence-electron chi connectivity index (χ3n) is 6.67. The predicted molar refractivity (Wildman–Crippen MR) is 164 cm³/mol. The zero-order valence-corrected chi connectivity index (χ0v) is 27.2. The van der Waals surface area contributed by atoms with Crippen LogP contribution in [0.1, 0.15) is 70.8 Å². The maximum atomic E-state index is 13.4. The second kappa shape index (κ2) is 15.6. The van der Waals surface area contributed by atoms with E-state index in [0.717, 1.165) is 27.8 Å². The Morgan fingerprint density at radius 3 is 1.50 bits per heavy atom. The van der Waals surface area contributed by atoms with Gasteiger partial charge in [0, 0.05) is 19.5 Å². The molecule has 4 aromatic carbocycles. The molecule has 40 heavy (non-hydrogen) atoms. The molecule has 4 rings (SSSR count). The molecule has 0 heterocycles. The van der Waals surface area contributed by atoms with Gasteiger partial charge in [-0.15, -0.1) is 0 Å². The summed E-state index contributed by atoms with van der Waals surface area (Å²) < 4.78 is 29.8. The molecular formula is C33H39ClN2O2RuS. The minimum atomic E-state index is -3.80. The van der Waals surface area contributed by atoms with Crippen molar-refractivity contribution in [2.45, 2.75) is 64.4 Å². The Balaban J connectivity index is 0.000000431. The molecule has 0 radical (unpaired) electrons. The van der Waals surface area contributed by atoms with E-state index in [4.69, 9.17) is 11.8 Å². The summed E-state index contributed by atoms with van der Waals surface area (Å²) in [5.41, 5.74) is 6.93. The van der Waals surface area contributed by atoms with Crippen LogP contribution in [0, 0.1) is 27.7 Å². The van der Waals surface area contributed by atoms with E-state index < -0.39 is 22.1 Å². The van der Waals surface area contributed by atoms with Gasteiger partial charge in [-0.3, -0.25) is 0 Å². The van der Waals surface area contributed by atoms with E-state index in [1.165, 1.54) is 11.1 Å². The van der Waals surface area contributed by atoms with Crippen LogP contribution in [0.25, 0.3) is 0 Å². The molecule has 0 saturated carbocycles. The number of halogens is 1. The molecule has 0 unspecified atom stereocenters. The van der Waals surface area contributed by atoms with Crippen LogP contribution >= 0.6 is 11.8 Å². The molecule has 214 valence electrons. The summed E-state index contributed by atoms with van der Waals surface area (Å²) in [6.45, 7) is 12.1. The van der Waals surface area contributed by atoms with Gasteiger partial charge in [0.25, 0.3) is 0 Å². The van der Waals surface area contributed by atoms with E-state index in [-0.39, 0.29) is 19.5 Å². The van der Waals surface area contributed by atoms with Crippen molar-refractivity contribution < 1.29 is 27.9 Å². The first-order valence-electron chi connectivity index (χ1n) is 13.2. The van der Waals surface area contributed by atoms with E-state index in [1.54, 1.807) is 0 Å². The normalized spacial score (nSPS) is 12.6. The van der Waals surface area contributed by atoms with Gasteiger partial charge in [0.05, 0.1) is 17.0 Å². The van der Waals surface area contributed by atoms with Crippen molar-refractivity contribution in [3.8, 4) is 0 Å². The minimum Gasteiger partial charge on any atom is -0.224 e. The molecule has 0 aliphatic carbocycles. The molecule has 4 nitrogen and oxygen atoms in total. The fourth-order valence-electron chi connectivity index (χ4n) is 4.74. The van der Waals surface area contributed by atoms with Crippen LogP contribution in [0.3, 0.4) is 0 Å². The first-order chi connectivity index (χ1) is 18.5. The molecule has 0 saturated heterocycles. The zero-order chi connectivity index (χ0) is 28.6. The van der Waals surface area contributed by atoms with Crippen LogP contribution in [0.4, 0.5) is 0 Å². The molecule has 7 heteroatoms. The summed E-state index contributed by atoms with van der Waals surface area (Å²) in [4.78, 5) is 3.09. The summed E-state index contributed by atoms with van der Waals surface area (Å²) in [7, 11) is -3.80. The molecule has 0 amide bonds. The van der Waals surface area contributed by atoms with E-state index in [0.29, 0.717) is 10.8 Å². The van der Waals surface area contributed by atoms with Gasteiger partial charge >= 0.3 is 0 Å².